The Hall–Kier alpha value is -0.930. The van der Waals surface area contributed by atoms with Gasteiger partial charge in [0.1, 0.15) is 5.82 Å². The van der Waals surface area contributed by atoms with Gasteiger partial charge < -0.3 is 10.8 Å². The van der Waals surface area contributed by atoms with Crippen molar-refractivity contribution in [3.63, 3.8) is 0 Å². The zero-order chi connectivity index (χ0) is 10.1. The number of hydrogen-bond acceptors (Lipinski definition) is 2. The van der Waals surface area contributed by atoms with Crippen molar-refractivity contribution in [2.24, 2.45) is 5.73 Å². The van der Waals surface area contributed by atoms with Crippen LogP contribution in [0.5, 0.6) is 0 Å². The molecule has 2 rings (SSSR count). The minimum absolute atomic E-state index is 0.0891. The van der Waals surface area contributed by atoms with E-state index in [1.54, 1.807) is 12.1 Å². The predicted molar refractivity (Wildman–Crippen MR) is 52.4 cm³/mol. The Morgan fingerprint density at radius 2 is 2.29 bits per heavy atom. The third-order valence-corrected chi connectivity index (χ3v) is 2.88. The van der Waals surface area contributed by atoms with Gasteiger partial charge >= 0.3 is 0 Å². The van der Waals surface area contributed by atoms with Crippen molar-refractivity contribution in [3.05, 3.63) is 35.1 Å². The summed E-state index contributed by atoms with van der Waals surface area (Å²) in [4.78, 5) is 0. The first kappa shape index (κ1) is 9.62. The molecule has 76 valence electrons. The summed E-state index contributed by atoms with van der Waals surface area (Å²) in [5, 5.41) is 9.70. The molecule has 1 aliphatic carbocycles. The normalized spacial score (nSPS) is 25.1. The second-order valence-electron chi connectivity index (χ2n) is 3.77. The molecule has 0 bridgehead atoms. The third-order valence-electron chi connectivity index (χ3n) is 2.88. The molecule has 2 unspecified atom stereocenters. The number of benzene rings is 1. The van der Waals surface area contributed by atoms with Crippen LogP contribution in [0.4, 0.5) is 4.39 Å². The van der Waals surface area contributed by atoms with E-state index in [-0.39, 0.29) is 11.7 Å². The molecular weight excluding hydrogens is 181 g/mol. The summed E-state index contributed by atoms with van der Waals surface area (Å²) in [5.41, 5.74) is 6.87. The lowest BCUT2D eigenvalue weighted by atomic mass is 9.97. The molecule has 0 radical (unpaired) electrons. The summed E-state index contributed by atoms with van der Waals surface area (Å²) in [5.74, 6) is -0.122. The highest BCUT2D eigenvalue weighted by Gasteiger charge is 2.31. The van der Waals surface area contributed by atoms with Gasteiger partial charge in [0.25, 0.3) is 0 Å². The van der Waals surface area contributed by atoms with Gasteiger partial charge in [-0.2, -0.15) is 0 Å². The summed E-state index contributed by atoms with van der Waals surface area (Å²) < 4.78 is 13.5. The molecule has 0 fully saturated rings. The van der Waals surface area contributed by atoms with E-state index < -0.39 is 6.10 Å². The molecular formula is C11H14FNO. The molecule has 3 N–H and O–H groups in total. The van der Waals surface area contributed by atoms with Crippen LogP contribution in [0.2, 0.25) is 0 Å². The first-order chi connectivity index (χ1) is 6.74. The smallest absolute Gasteiger partial charge is 0.127 e. The van der Waals surface area contributed by atoms with Gasteiger partial charge in [0.15, 0.2) is 0 Å². The lowest BCUT2D eigenvalue weighted by molar-refractivity contribution is 0.172. The topological polar surface area (TPSA) is 46.2 Å². The molecule has 1 aromatic rings. The molecule has 2 nitrogen and oxygen atoms in total. The number of rotatable bonds is 2. The van der Waals surface area contributed by atoms with Crippen LogP contribution in [0.25, 0.3) is 0 Å². The van der Waals surface area contributed by atoms with Gasteiger partial charge in [-0.3, -0.25) is 0 Å². The van der Waals surface area contributed by atoms with E-state index >= 15 is 0 Å². The summed E-state index contributed by atoms with van der Waals surface area (Å²) >= 11 is 0. The van der Waals surface area contributed by atoms with Gasteiger partial charge in [-0.1, -0.05) is 12.1 Å². The summed E-state index contributed by atoms with van der Waals surface area (Å²) in [6.07, 6.45) is 0.829. The lowest BCUT2D eigenvalue weighted by Gasteiger charge is -2.09. The minimum atomic E-state index is -0.516. The number of aliphatic hydroxyl groups excluding tert-OH is 1. The van der Waals surface area contributed by atoms with E-state index in [1.165, 1.54) is 6.07 Å². The van der Waals surface area contributed by atoms with Crippen molar-refractivity contribution >= 4 is 0 Å². The zero-order valence-corrected chi connectivity index (χ0v) is 7.91. The average molecular weight is 195 g/mol. The van der Waals surface area contributed by atoms with E-state index in [0.29, 0.717) is 18.5 Å². The highest BCUT2D eigenvalue weighted by atomic mass is 19.1. The predicted octanol–water partition coefficient (Wildman–Crippen LogP) is 1.70. The second kappa shape index (κ2) is 3.67. The van der Waals surface area contributed by atoms with Crippen molar-refractivity contribution in [2.45, 2.75) is 24.9 Å². The van der Waals surface area contributed by atoms with Gasteiger partial charge in [0.05, 0.1) is 6.10 Å². The SMILES string of the molecule is NCCC1CC(O)c2cccc(F)c21. The number of aliphatic hydroxyl groups is 1. The molecule has 0 aromatic heterocycles. The lowest BCUT2D eigenvalue weighted by Crippen LogP contribution is -2.06. The van der Waals surface area contributed by atoms with Crippen LogP contribution in [0.1, 0.15) is 36.0 Å². The van der Waals surface area contributed by atoms with E-state index in [1.807, 2.05) is 0 Å². The Morgan fingerprint density at radius 3 is 3.00 bits per heavy atom. The summed E-state index contributed by atoms with van der Waals surface area (Å²) in [6.45, 7) is 0.533. The molecule has 0 saturated carbocycles. The zero-order valence-electron chi connectivity index (χ0n) is 7.91. The fourth-order valence-electron chi connectivity index (χ4n) is 2.25. The van der Waals surface area contributed by atoms with Gasteiger partial charge in [0.2, 0.25) is 0 Å². The molecule has 1 aliphatic rings. The maximum absolute atomic E-state index is 13.5. The molecule has 0 amide bonds. The Kier molecular flexibility index (Phi) is 2.52. The molecule has 3 heteroatoms. The standard InChI is InChI=1S/C11H14FNO/c12-9-3-1-2-8-10(14)6-7(4-5-13)11(8)9/h1-3,7,10,14H,4-6,13H2. The number of fused-ring (bicyclic) bond motifs is 1. The first-order valence-corrected chi connectivity index (χ1v) is 4.90. The minimum Gasteiger partial charge on any atom is -0.388 e. The van der Waals surface area contributed by atoms with Crippen molar-refractivity contribution in [3.8, 4) is 0 Å². The third kappa shape index (κ3) is 1.42. The van der Waals surface area contributed by atoms with Crippen LogP contribution in [0, 0.1) is 5.82 Å². The molecule has 0 saturated heterocycles. The number of nitrogens with two attached hydrogens (primary N) is 1. The Bertz CT molecular complexity index is 340. The Labute approximate surface area is 82.5 Å². The van der Waals surface area contributed by atoms with Crippen molar-refractivity contribution < 1.29 is 9.50 Å². The van der Waals surface area contributed by atoms with Crippen LogP contribution < -0.4 is 5.73 Å². The Balaban J connectivity index is 2.40. The van der Waals surface area contributed by atoms with Gasteiger partial charge in [0, 0.05) is 0 Å². The first-order valence-electron chi connectivity index (χ1n) is 4.90. The highest BCUT2D eigenvalue weighted by Crippen LogP contribution is 2.42. The quantitative estimate of drug-likeness (QED) is 0.754. The number of halogens is 1. The summed E-state index contributed by atoms with van der Waals surface area (Å²) in [6, 6.07) is 4.88. The number of hydrogen-bond donors (Lipinski definition) is 2. The van der Waals surface area contributed by atoms with E-state index in [4.69, 9.17) is 5.73 Å². The van der Waals surface area contributed by atoms with Crippen LogP contribution in [0.3, 0.4) is 0 Å². The van der Waals surface area contributed by atoms with Crippen LogP contribution in [-0.4, -0.2) is 11.7 Å². The average Bonchev–Trinajstić information content (AvgIpc) is 2.46. The Morgan fingerprint density at radius 1 is 1.50 bits per heavy atom. The fourth-order valence-corrected chi connectivity index (χ4v) is 2.25. The van der Waals surface area contributed by atoms with Crippen molar-refractivity contribution in [1.29, 1.82) is 0 Å². The van der Waals surface area contributed by atoms with Gasteiger partial charge in [-0.25, -0.2) is 4.39 Å². The van der Waals surface area contributed by atoms with E-state index in [2.05, 4.69) is 0 Å². The van der Waals surface area contributed by atoms with Crippen LogP contribution in [-0.2, 0) is 0 Å². The van der Waals surface area contributed by atoms with E-state index in [0.717, 1.165) is 12.0 Å². The van der Waals surface area contributed by atoms with Gasteiger partial charge in [-0.05, 0) is 42.5 Å². The molecule has 0 heterocycles. The maximum Gasteiger partial charge on any atom is 0.127 e. The molecule has 14 heavy (non-hydrogen) atoms. The van der Waals surface area contributed by atoms with Crippen molar-refractivity contribution in [2.75, 3.05) is 6.54 Å². The highest BCUT2D eigenvalue weighted by molar-refractivity contribution is 5.38. The fraction of sp³-hybridized carbons (Fsp3) is 0.455. The summed E-state index contributed by atoms with van der Waals surface area (Å²) in [7, 11) is 0. The van der Waals surface area contributed by atoms with Crippen LogP contribution >= 0.6 is 0 Å². The largest absolute Gasteiger partial charge is 0.388 e. The van der Waals surface area contributed by atoms with Crippen LogP contribution in [0.15, 0.2) is 18.2 Å². The molecule has 0 aliphatic heterocycles. The van der Waals surface area contributed by atoms with Gasteiger partial charge in [-0.15, -0.1) is 0 Å². The molecule has 2 atom stereocenters. The molecule has 1 aromatic carbocycles. The maximum atomic E-state index is 13.5. The van der Waals surface area contributed by atoms with Crippen molar-refractivity contribution in [1.82, 2.24) is 0 Å². The second-order valence-corrected chi connectivity index (χ2v) is 3.77. The monoisotopic (exact) mass is 195 g/mol. The molecule has 0 spiro atoms. The van der Waals surface area contributed by atoms with E-state index in [9.17, 15) is 9.50 Å².